The molecule has 3 rings (SSSR count). The van der Waals surface area contributed by atoms with E-state index >= 15 is 0 Å². The Bertz CT molecular complexity index is 956. The molecule has 1 saturated heterocycles. The minimum absolute atomic E-state index is 0. The molecule has 2 atom stereocenters. The molecule has 10 nitrogen and oxygen atoms in total. The molecule has 1 N–H and O–H groups in total. The van der Waals surface area contributed by atoms with Gasteiger partial charge in [-0.1, -0.05) is 0 Å². The number of hydrogen-bond donors (Lipinski definition) is 1. The van der Waals surface area contributed by atoms with Gasteiger partial charge in [-0.05, 0) is 18.6 Å². The number of carbonyl (C=O) groups is 4. The van der Waals surface area contributed by atoms with Gasteiger partial charge in [0.15, 0.2) is 5.54 Å². The van der Waals surface area contributed by atoms with Gasteiger partial charge in [-0.3, -0.25) is 19.3 Å². The maximum atomic E-state index is 13.1. The number of fused-ring (bicyclic) bond motifs is 1. The largest absolute Gasteiger partial charge is 1.00 e. The summed E-state index contributed by atoms with van der Waals surface area (Å²) in [4.78, 5) is 49.5. The topological polar surface area (TPSA) is 153 Å². The predicted octanol–water partition coefficient (Wildman–Crippen LogP) is -3.53. The first-order chi connectivity index (χ1) is 14.3. The number of amides is 2. The zero-order chi connectivity index (χ0) is 21.9. The molecule has 0 radical (unpaired) electrons. The predicted molar refractivity (Wildman–Crippen MR) is 99.9 cm³/mol. The van der Waals surface area contributed by atoms with Crippen LogP contribution >= 0.6 is 11.8 Å². The van der Waals surface area contributed by atoms with E-state index < -0.39 is 34.7 Å². The van der Waals surface area contributed by atoms with Crippen LogP contribution in [0.5, 0.6) is 0 Å². The fourth-order valence-electron chi connectivity index (χ4n) is 3.50. The number of ether oxygens (including phenoxy) is 1. The summed E-state index contributed by atoms with van der Waals surface area (Å²) in [7, 11) is 0. The molecule has 0 aromatic carbocycles. The summed E-state index contributed by atoms with van der Waals surface area (Å²) < 4.78 is 10.0. The van der Waals surface area contributed by atoms with Crippen molar-refractivity contribution >= 4 is 35.5 Å². The van der Waals surface area contributed by atoms with E-state index in [1.165, 1.54) is 24.9 Å². The van der Waals surface area contributed by atoms with E-state index in [1.807, 2.05) is 6.07 Å². The molecule has 0 bridgehead atoms. The van der Waals surface area contributed by atoms with Crippen LogP contribution in [0.1, 0.15) is 25.5 Å². The number of carbonyl (C=O) groups excluding carboxylic acids is 4. The first kappa shape index (κ1) is 25.0. The Hall–Kier alpha value is -2.26. The monoisotopic (exact) mass is 455 g/mol. The second kappa shape index (κ2) is 10.4. The second-order valence-corrected chi connectivity index (χ2v) is 7.86. The molecule has 1 fully saturated rings. The number of thioether (sulfide) groups is 1. The molecule has 31 heavy (non-hydrogen) atoms. The van der Waals surface area contributed by atoms with Gasteiger partial charge in [0, 0.05) is 24.7 Å². The van der Waals surface area contributed by atoms with Crippen molar-refractivity contribution in [3.8, 4) is 6.07 Å². The van der Waals surface area contributed by atoms with Crippen LogP contribution in [-0.2, 0) is 30.3 Å². The molecule has 1 aromatic heterocycles. The van der Waals surface area contributed by atoms with Crippen LogP contribution in [0.3, 0.4) is 0 Å². The van der Waals surface area contributed by atoms with Crippen molar-refractivity contribution in [1.29, 1.82) is 5.26 Å². The van der Waals surface area contributed by atoms with Crippen LogP contribution < -0.4 is 40.0 Å². The maximum Gasteiger partial charge on any atom is 1.00 e. The van der Waals surface area contributed by atoms with Crippen LogP contribution in [0.4, 0.5) is 0 Å². The number of furan rings is 1. The van der Waals surface area contributed by atoms with Crippen molar-refractivity contribution in [2.75, 3.05) is 12.4 Å². The van der Waals surface area contributed by atoms with Crippen molar-refractivity contribution in [3.63, 3.8) is 0 Å². The van der Waals surface area contributed by atoms with Gasteiger partial charge in [-0.15, -0.1) is 11.8 Å². The van der Waals surface area contributed by atoms with Crippen molar-refractivity contribution in [2.24, 2.45) is 0 Å². The molecule has 0 unspecified atom stereocenters. The molecule has 12 heteroatoms. The summed E-state index contributed by atoms with van der Waals surface area (Å²) in [5, 5.41) is 22.7. The second-order valence-electron chi connectivity index (χ2n) is 6.79. The number of esters is 1. The maximum absolute atomic E-state index is 13.1. The zero-order valence-corrected chi connectivity index (χ0v) is 19.8. The summed E-state index contributed by atoms with van der Waals surface area (Å²) in [6, 6.07) is 5.20. The van der Waals surface area contributed by atoms with Crippen molar-refractivity contribution in [3.05, 3.63) is 35.4 Å². The number of nitrogens with one attached hydrogen (secondary N) is 1. The third-order valence-corrected chi connectivity index (χ3v) is 6.24. The number of rotatable bonds is 8. The minimum atomic E-state index is -1.58. The van der Waals surface area contributed by atoms with Crippen molar-refractivity contribution < 1.29 is 63.0 Å². The van der Waals surface area contributed by atoms with Gasteiger partial charge in [-0.2, -0.15) is 5.26 Å². The summed E-state index contributed by atoms with van der Waals surface area (Å²) in [5.41, 5.74) is -1.55. The molecule has 2 amide bonds. The zero-order valence-electron chi connectivity index (χ0n) is 17.0. The van der Waals surface area contributed by atoms with Gasteiger partial charge in [0.05, 0.1) is 30.4 Å². The number of carboxylic acid groups (broad SMARTS) is 1. The van der Waals surface area contributed by atoms with Gasteiger partial charge in [0.2, 0.25) is 5.91 Å². The Morgan fingerprint density at radius 1 is 1.48 bits per heavy atom. The van der Waals surface area contributed by atoms with E-state index in [-0.39, 0.29) is 72.4 Å². The first-order valence-electron chi connectivity index (χ1n) is 9.02. The SMILES string of the molecule is CC(=O)OCC1=C(C(=O)[O-])N2C(=O)[C@@](CCC#N)(NC(=O)Cc3ccco3)[C@H]2SC1.[Na+]. The normalized spacial score (nSPS) is 21.9. The summed E-state index contributed by atoms with van der Waals surface area (Å²) >= 11 is 1.22. The standard InChI is InChI=1S/C19H19N3O7S.Na/c1-11(23)29-9-12-10-30-18-19(5-3-6-20,17(27)22(18)15(12)16(25)26)21-14(24)8-13-4-2-7-28-13;/h2,4,7,18H,3,5,8-10H2,1H3,(H,21,24)(H,25,26);/q;+1/p-1/t18-,19-;/m1./s1. The van der Waals surface area contributed by atoms with E-state index in [1.54, 1.807) is 12.1 Å². The summed E-state index contributed by atoms with van der Waals surface area (Å²) in [6.45, 7) is 0.909. The molecule has 2 aliphatic heterocycles. The third-order valence-electron chi connectivity index (χ3n) is 4.80. The van der Waals surface area contributed by atoms with Crippen LogP contribution in [0.15, 0.2) is 34.1 Å². The molecule has 1 aromatic rings. The number of hydrogen-bond acceptors (Lipinski definition) is 9. The Labute approximate surface area is 204 Å². The van der Waals surface area contributed by atoms with Crippen LogP contribution in [0, 0.1) is 11.3 Å². The molecule has 0 saturated carbocycles. The van der Waals surface area contributed by atoms with Crippen LogP contribution in [-0.4, -0.2) is 51.9 Å². The number of nitriles is 1. The van der Waals surface area contributed by atoms with Crippen molar-refractivity contribution in [1.82, 2.24) is 10.2 Å². The Balaban J connectivity index is 0.00000341. The summed E-state index contributed by atoms with van der Waals surface area (Å²) in [5.74, 6) is -2.74. The van der Waals surface area contributed by atoms with E-state index in [4.69, 9.17) is 14.4 Å². The quantitative estimate of drug-likeness (QED) is 0.239. The Kier molecular flexibility index (Phi) is 8.36. The fraction of sp³-hybridized carbons (Fsp3) is 0.421. The average Bonchev–Trinajstić information content (AvgIpc) is 3.21. The number of nitrogens with zero attached hydrogens (tertiary/aromatic N) is 2. The van der Waals surface area contributed by atoms with Gasteiger partial charge < -0.3 is 24.4 Å². The molecular weight excluding hydrogens is 437 g/mol. The van der Waals surface area contributed by atoms with Gasteiger partial charge in [0.25, 0.3) is 5.91 Å². The van der Waals surface area contributed by atoms with Crippen LogP contribution in [0.2, 0.25) is 0 Å². The first-order valence-corrected chi connectivity index (χ1v) is 10.1. The Morgan fingerprint density at radius 2 is 2.23 bits per heavy atom. The van der Waals surface area contributed by atoms with E-state index in [2.05, 4.69) is 5.32 Å². The number of β-lactam (4-membered cyclic amide) rings is 1. The molecule has 158 valence electrons. The van der Waals surface area contributed by atoms with Gasteiger partial charge in [-0.25, -0.2) is 0 Å². The van der Waals surface area contributed by atoms with E-state index in [0.29, 0.717) is 5.76 Å². The average molecular weight is 455 g/mol. The molecule has 0 aliphatic carbocycles. The number of carboxylic acids is 1. The smallest absolute Gasteiger partial charge is 0.543 e. The molecule has 0 spiro atoms. The van der Waals surface area contributed by atoms with Crippen molar-refractivity contribution in [2.45, 2.75) is 37.1 Å². The third kappa shape index (κ3) is 4.98. The molecular formula is C19H18N3NaO7S. The van der Waals surface area contributed by atoms with E-state index in [9.17, 15) is 24.3 Å². The molecule has 3 heterocycles. The van der Waals surface area contributed by atoms with Gasteiger partial charge >= 0.3 is 35.5 Å². The van der Waals surface area contributed by atoms with Crippen LogP contribution in [0.25, 0.3) is 0 Å². The van der Waals surface area contributed by atoms with Gasteiger partial charge in [0.1, 0.15) is 17.7 Å². The Morgan fingerprint density at radius 3 is 2.81 bits per heavy atom. The fourth-order valence-corrected chi connectivity index (χ4v) is 4.99. The minimum Gasteiger partial charge on any atom is -0.543 e. The molecule has 2 aliphatic rings. The van der Waals surface area contributed by atoms with E-state index in [0.717, 1.165) is 4.90 Å². The number of aliphatic carboxylic acids is 1. The summed E-state index contributed by atoms with van der Waals surface area (Å²) in [6.07, 6.45) is 1.33.